The van der Waals surface area contributed by atoms with E-state index in [4.69, 9.17) is 5.11 Å². The second kappa shape index (κ2) is 4.60. The van der Waals surface area contributed by atoms with Crippen molar-refractivity contribution >= 4 is 17.6 Å². The van der Waals surface area contributed by atoms with Crippen molar-refractivity contribution in [3.05, 3.63) is 35.7 Å². The summed E-state index contributed by atoms with van der Waals surface area (Å²) in [6, 6.07) is 1.40. The minimum atomic E-state index is -1.05. The van der Waals surface area contributed by atoms with E-state index in [1.165, 1.54) is 16.8 Å². The molecule has 0 aliphatic rings. The molecular formula is C12H14N4O3. The summed E-state index contributed by atoms with van der Waals surface area (Å²) >= 11 is 0. The third kappa shape index (κ3) is 2.49. The molecule has 19 heavy (non-hydrogen) atoms. The Kier molecular flexibility index (Phi) is 3.12. The lowest BCUT2D eigenvalue weighted by Crippen LogP contribution is -2.16. The highest BCUT2D eigenvalue weighted by atomic mass is 16.4. The Labute approximate surface area is 109 Å². The smallest absolute Gasteiger partial charge is 0.352 e. The second-order valence-corrected chi connectivity index (χ2v) is 4.30. The van der Waals surface area contributed by atoms with Crippen LogP contribution in [0.4, 0.5) is 5.69 Å². The first-order valence-electron chi connectivity index (χ1n) is 5.59. The van der Waals surface area contributed by atoms with Crippen molar-refractivity contribution in [2.75, 3.05) is 5.32 Å². The predicted molar refractivity (Wildman–Crippen MR) is 68.3 cm³/mol. The summed E-state index contributed by atoms with van der Waals surface area (Å²) in [5, 5.41) is 11.5. The van der Waals surface area contributed by atoms with Gasteiger partial charge >= 0.3 is 5.97 Å². The van der Waals surface area contributed by atoms with Crippen LogP contribution in [0.15, 0.2) is 18.5 Å². The quantitative estimate of drug-likeness (QED) is 0.864. The molecule has 0 fully saturated rings. The van der Waals surface area contributed by atoms with Crippen LogP contribution in [-0.2, 0) is 14.1 Å². The van der Waals surface area contributed by atoms with E-state index in [1.807, 2.05) is 0 Å². The maximum atomic E-state index is 12.0. The van der Waals surface area contributed by atoms with Crippen molar-refractivity contribution in [1.29, 1.82) is 0 Å². The number of carboxylic acids is 1. The highest BCUT2D eigenvalue weighted by Gasteiger charge is 2.15. The van der Waals surface area contributed by atoms with E-state index < -0.39 is 5.97 Å². The van der Waals surface area contributed by atoms with E-state index in [0.29, 0.717) is 5.69 Å². The molecule has 2 aromatic rings. The first-order valence-corrected chi connectivity index (χ1v) is 5.59. The van der Waals surface area contributed by atoms with Gasteiger partial charge in [-0.05, 0) is 13.0 Å². The zero-order valence-corrected chi connectivity index (χ0v) is 10.8. The Morgan fingerprint density at radius 2 is 1.95 bits per heavy atom. The van der Waals surface area contributed by atoms with Crippen LogP contribution in [-0.4, -0.2) is 31.1 Å². The van der Waals surface area contributed by atoms with E-state index >= 15 is 0 Å². The molecular weight excluding hydrogens is 248 g/mol. The van der Waals surface area contributed by atoms with E-state index in [0.717, 1.165) is 5.69 Å². The summed E-state index contributed by atoms with van der Waals surface area (Å²) in [5.74, 6) is -1.15. The highest BCUT2D eigenvalue weighted by Crippen LogP contribution is 2.14. The number of aromatic nitrogens is 3. The van der Waals surface area contributed by atoms with E-state index in [-0.39, 0.29) is 17.4 Å². The number of anilines is 1. The van der Waals surface area contributed by atoms with Crippen molar-refractivity contribution in [3.8, 4) is 0 Å². The number of rotatable bonds is 3. The summed E-state index contributed by atoms with van der Waals surface area (Å²) in [7, 11) is 3.33. The monoisotopic (exact) mass is 262 g/mol. The van der Waals surface area contributed by atoms with Gasteiger partial charge in [0, 0.05) is 26.5 Å². The molecule has 1 amide bonds. The predicted octanol–water partition coefficient (Wildman–Crippen LogP) is 1.02. The lowest BCUT2D eigenvalue weighted by Gasteiger charge is -2.01. The lowest BCUT2D eigenvalue weighted by atomic mass is 10.4. The maximum absolute atomic E-state index is 12.0. The van der Waals surface area contributed by atoms with E-state index in [1.54, 1.807) is 31.8 Å². The lowest BCUT2D eigenvalue weighted by molar-refractivity contribution is 0.0686. The Bertz CT molecular complexity index is 654. The normalized spacial score (nSPS) is 10.5. The van der Waals surface area contributed by atoms with Gasteiger partial charge in [-0.1, -0.05) is 0 Å². The van der Waals surface area contributed by atoms with Crippen LogP contribution >= 0.6 is 0 Å². The Hall–Kier alpha value is -2.57. The van der Waals surface area contributed by atoms with E-state index in [9.17, 15) is 9.59 Å². The standard InChI is InChI=1S/C12H14N4O3/c1-7-5-16(3)10(13-7)11(17)14-8-4-9(12(18)19)15(2)6-8/h4-6H,1-3H3,(H,14,17)(H,18,19). The number of amides is 1. The molecule has 0 radical (unpaired) electrons. The first-order chi connectivity index (χ1) is 8.88. The van der Waals surface area contributed by atoms with Crippen molar-refractivity contribution in [1.82, 2.24) is 14.1 Å². The molecule has 2 rings (SSSR count). The molecule has 2 heterocycles. The number of carbonyl (C=O) groups is 2. The number of carboxylic acid groups (broad SMARTS) is 1. The van der Waals surface area contributed by atoms with Gasteiger partial charge in [0.05, 0.1) is 11.4 Å². The minimum Gasteiger partial charge on any atom is -0.477 e. The van der Waals surface area contributed by atoms with Gasteiger partial charge in [0.15, 0.2) is 5.82 Å². The van der Waals surface area contributed by atoms with Crippen LogP contribution in [0.25, 0.3) is 0 Å². The van der Waals surface area contributed by atoms with Crippen molar-refractivity contribution < 1.29 is 14.7 Å². The average molecular weight is 262 g/mol. The van der Waals surface area contributed by atoms with Gasteiger partial charge in [0.2, 0.25) is 0 Å². The van der Waals surface area contributed by atoms with E-state index in [2.05, 4.69) is 10.3 Å². The Morgan fingerprint density at radius 1 is 1.26 bits per heavy atom. The van der Waals surface area contributed by atoms with Crippen LogP contribution in [0.1, 0.15) is 26.8 Å². The van der Waals surface area contributed by atoms with Gasteiger partial charge in [-0.25, -0.2) is 9.78 Å². The molecule has 2 aromatic heterocycles. The molecule has 2 N–H and O–H groups in total. The third-order valence-corrected chi connectivity index (χ3v) is 2.68. The number of nitrogens with one attached hydrogen (secondary N) is 1. The molecule has 0 aliphatic carbocycles. The molecule has 0 unspecified atom stereocenters. The summed E-state index contributed by atoms with van der Waals surface area (Å²) < 4.78 is 3.05. The van der Waals surface area contributed by atoms with Crippen molar-refractivity contribution in [2.24, 2.45) is 14.1 Å². The minimum absolute atomic E-state index is 0.103. The largest absolute Gasteiger partial charge is 0.477 e. The van der Waals surface area contributed by atoms with Crippen molar-refractivity contribution in [2.45, 2.75) is 6.92 Å². The zero-order valence-electron chi connectivity index (χ0n) is 10.8. The summed E-state index contributed by atoms with van der Waals surface area (Å²) in [4.78, 5) is 27.0. The maximum Gasteiger partial charge on any atom is 0.352 e. The van der Waals surface area contributed by atoms with Gasteiger partial charge in [0.25, 0.3) is 5.91 Å². The Balaban J connectivity index is 2.22. The summed E-state index contributed by atoms with van der Waals surface area (Å²) in [5.41, 5.74) is 1.27. The first kappa shape index (κ1) is 12.9. The Morgan fingerprint density at radius 3 is 2.42 bits per heavy atom. The molecule has 100 valence electrons. The van der Waals surface area contributed by atoms with Crippen LogP contribution < -0.4 is 5.32 Å². The van der Waals surface area contributed by atoms with Crippen LogP contribution in [0.2, 0.25) is 0 Å². The number of hydrogen-bond donors (Lipinski definition) is 2. The molecule has 0 spiro atoms. The fraction of sp³-hybridized carbons (Fsp3) is 0.250. The average Bonchev–Trinajstić information content (AvgIpc) is 2.81. The van der Waals surface area contributed by atoms with Crippen molar-refractivity contribution in [3.63, 3.8) is 0 Å². The van der Waals surface area contributed by atoms with Gasteiger partial charge in [-0.2, -0.15) is 0 Å². The number of imidazole rings is 1. The topological polar surface area (TPSA) is 89.1 Å². The SMILES string of the molecule is Cc1cn(C)c(C(=O)Nc2cc(C(=O)O)n(C)c2)n1. The molecule has 0 aromatic carbocycles. The summed E-state index contributed by atoms with van der Waals surface area (Å²) in [6.07, 6.45) is 3.28. The van der Waals surface area contributed by atoms with Gasteiger partial charge in [-0.15, -0.1) is 0 Å². The molecule has 0 bridgehead atoms. The molecule has 0 atom stereocenters. The number of aromatic carboxylic acids is 1. The number of aryl methyl sites for hydroxylation is 3. The molecule has 0 aliphatic heterocycles. The fourth-order valence-corrected chi connectivity index (χ4v) is 1.86. The highest BCUT2D eigenvalue weighted by molar-refractivity contribution is 6.02. The molecule has 7 heteroatoms. The number of hydrogen-bond acceptors (Lipinski definition) is 3. The van der Waals surface area contributed by atoms with Crippen LogP contribution in [0.3, 0.4) is 0 Å². The van der Waals surface area contributed by atoms with Gasteiger partial charge in [-0.3, -0.25) is 4.79 Å². The summed E-state index contributed by atoms with van der Waals surface area (Å²) in [6.45, 7) is 1.79. The zero-order chi connectivity index (χ0) is 14.2. The molecule has 0 saturated carbocycles. The van der Waals surface area contributed by atoms with Crippen LogP contribution in [0, 0.1) is 6.92 Å². The molecule has 7 nitrogen and oxygen atoms in total. The number of nitrogens with zero attached hydrogens (tertiary/aromatic N) is 3. The van der Waals surface area contributed by atoms with Crippen LogP contribution in [0.5, 0.6) is 0 Å². The van der Waals surface area contributed by atoms with Gasteiger partial charge < -0.3 is 19.6 Å². The molecule has 0 saturated heterocycles. The number of carbonyl (C=O) groups excluding carboxylic acids is 1. The second-order valence-electron chi connectivity index (χ2n) is 4.30. The third-order valence-electron chi connectivity index (χ3n) is 2.68. The fourth-order valence-electron chi connectivity index (χ4n) is 1.86. The van der Waals surface area contributed by atoms with Gasteiger partial charge in [0.1, 0.15) is 5.69 Å².